The van der Waals surface area contributed by atoms with Crippen molar-refractivity contribution in [3.05, 3.63) is 23.8 Å². The zero-order chi connectivity index (χ0) is 15.6. The second-order valence-electron chi connectivity index (χ2n) is 5.52. The lowest BCUT2D eigenvalue weighted by molar-refractivity contribution is -0.148. The molecule has 138 valence electrons. The van der Waals surface area contributed by atoms with E-state index in [2.05, 4.69) is 5.32 Å². The zero-order valence-corrected chi connectivity index (χ0v) is 14.6. The molecule has 2 heterocycles. The zero-order valence-electron chi connectivity index (χ0n) is 13.0. The van der Waals surface area contributed by atoms with E-state index in [1.54, 1.807) is 18.2 Å². The molecule has 1 saturated heterocycles. The summed E-state index contributed by atoms with van der Waals surface area (Å²) in [6.45, 7) is 3.52. The summed E-state index contributed by atoms with van der Waals surface area (Å²) in [6.07, 6.45) is -5.06. The Kier molecular flexibility index (Phi) is 7.92. The Hall–Kier alpha value is -0.890. The Bertz CT molecular complexity index is 526. The quantitative estimate of drug-likeness (QED) is 0.861. The molecule has 24 heavy (non-hydrogen) atoms. The van der Waals surface area contributed by atoms with E-state index < -0.39 is 18.6 Å². The van der Waals surface area contributed by atoms with Crippen LogP contribution in [0.1, 0.15) is 18.0 Å². The summed E-state index contributed by atoms with van der Waals surface area (Å²) < 4.78 is 49.9. The van der Waals surface area contributed by atoms with E-state index >= 15 is 0 Å². The van der Waals surface area contributed by atoms with Crippen LogP contribution < -0.4 is 14.8 Å². The predicted octanol–water partition coefficient (Wildman–Crippen LogP) is 3.20. The van der Waals surface area contributed by atoms with Gasteiger partial charge in [0, 0.05) is 32.2 Å². The molecule has 1 fully saturated rings. The number of hydrogen-bond acceptors (Lipinski definition) is 4. The maximum absolute atomic E-state index is 13.0. The van der Waals surface area contributed by atoms with Crippen molar-refractivity contribution in [3.63, 3.8) is 0 Å². The van der Waals surface area contributed by atoms with E-state index in [1.165, 1.54) is 0 Å². The van der Waals surface area contributed by atoms with Crippen LogP contribution in [0.4, 0.5) is 13.2 Å². The number of nitrogens with one attached hydrogen (secondary N) is 1. The van der Waals surface area contributed by atoms with Crippen molar-refractivity contribution in [2.45, 2.75) is 18.6 Å². The summed E-state index contributed by atoms with van der Waals surface area (Å²) in [7, 11) is 0. The van der Waals surface area contributed by atoms with Gasteiger partial charge in [-0.2, -0.15) is 13.2 Å². The number of piperazine rings is 1. The molecule has 1 atom stereocenters. The van der Waals surface area contributed by atoms with E-state index in [4.69, 9.17) is 9.47 Å². The van der Waals surface area contributed by atoms with Crippen LogP contribution in [0.5, 0.6) is 11.5 Å². The maximum Gasteiger partial charge on any atom is 0.390 e. The molecule has 9 heteroatoms. The summed E-state index contributed by atoms with van der Waals surface area (Å²) in [4.78, 5) is 1.88. The highest BCUT2D eigenvalue weighted by Gasteiger charge is 2.36. The molecule has 4 nitrogen and oxygen atoms in total. The van der Waals surface area contributed by atoms with Crippen molar-refractivity contribution in [1.82, 2.24) is 10.2 Å². The van der Waals surface area contributed by atoms with Crippen molar-refractivity contribution >= 4 is 24.8 Å². The third-order valence-electron chi connectivity index (χ3n) is 3.97. The maximum atomic E-state index is 13.0. The largest absolute Gasteiger partial charge is 0.486 e. The van der Waals surface area contributed by atoms with Crippen molar-refractivity contribution in [2.24, 2.45) is 0 Å². The first-order valence-electron chi connectivity index (χ1n) is 7.44. The average molecular weight is 389 g/mol. The van der Waals surface area contributed by atoms with E-state index in [0.717, 1.165) is 0 Å². The van der Waals surface area contributed by atoms with Gasteiger partial charge in [0.05, 0.1) is 6.42 Å². The number of hydrogen-bond donors (Lipinski definition) is 1. The second kappa shape index (κ2) is 8.99. The number of ether oxygens (including phenoxy) is 2. The highest BCUT2D eigenvalue weighted by Crippen LogP contribution is 2.38. The minimum atomic E-state index is -4.21. The van der Waals surface area contributed by atoms with Gasteiger partial charge in [-0.15, -0.1) is 24.8 Å². The summed E-state index contributed by atoms with van der Waals surface area (Å²) in [5.74, 6) is 1.13. The molecule has 1 aromatic rings. The average Bonchev–Trinajstić information content (AvgIpc) is 2.52. The van der Waals surface area contributed by atoms with E-state index in [-0.39, 0.29) is 24.8 Å². The monoisotopic (exact) mass is 388 g/mol. The van der Waals surface area contributed by atoms with E-state index in [1.807, 2.05) is 4.90 Å². The summed E-state index contributed by atoms with van der Waals surface area (Å²) in [5.41, 5.74) is 0.628. The Morgan fingerprint density at radius 1 is 1.04 bits per heavy atom. The van der Waals surface area contributed by atoms with Crippen LogP contribution in [-0.2, 0) is 0 Å². The van der Waals surface area contributed by atoms with E-state index in [9.17, 15) is 13.2 Å². The molecule has 0 amide bonds. The molecule has 0 unspecified atom stereocenters. The fourth-order valence-electron chi connectivity index (χ4n) is 2.94. The van der Waals surface area contributed by atoms with Gasteiger partial charge in [0.2, 0.25) is 0 Å². The molecule has 1 N–H and O–H groups in total. The summed E-state index contributed by atoms with van der Waals surface area (Å²) in [6, 6.07) is 4.42. The molecule has 2 aliphatic rings. The number of halogens is 5. The highest BCUT2D eigenvalue weighted by molar-refractivity contribution is 5.85. The molecule has 0 aliphatic carbocycles. The molecule has 0 bridgehead atoms. The molecule has 0 radical (unpaired) electrons. The first-order valence-corrected chi connectivity index (χ1v) is 7.44. The smallest absolute Gasteiger partial charge is 0.390 e. The number of benzene rings is 1. The fourth-order valence-corrected chi connectivity index (χ4v) is 2.94. The van der Waals surface area contributed by atoms with Crippen LogP contribution in [0.25, 0.3) is 0 Å². The normalized spacial score (nSPS) is 19.0. The Morgan fingerprint density at radius 2 is 1.67 bits per heavy atom. The van der Waals surface area contributed by atoms with Gasteiger partial charge in [0.1, 0.15) is 13.2 Å². The van der Waals surface area contributed by atoms with E-state index in [0.29, 0.717) is 56.5 Å². The number of fused-ring (bicyclic) bond motifs is 1. The Balaban J connectivity index is 0.00000144. The molecule has 3 rings (SSSR count). The topological polar surface area (TPSA) is 33.7 Å². The van der Waals surface area contributed by atoms with Crippen LogP contribution in [0.15, 0.2) is 18.2 Å². The Morgan fingerprint density at radius 3 is 2.29 bits per heavy atom. The van der Waals surface area contributed by atoms with Gasteiger partial charge in [-0.05, 0) is 17.7 Å². The van der Waals surface area contributed by atoms with Gasteiger partial charge in [0.15, 0.2) is 11.5 Å². The van der Waals surface area contributed by atoms with Gasteiger partial charge in [0.25, 0.3) is 0 Å². The van der Waals surface area contributed by atoms with Gasteiger partial charge >= 0.3 is 6.18 Å². The van der Waals surface area contributed by atoms with Crippen LogP contribution >= 0.6 is 24.8 Å². The van der Waals surface area contributed by atoms with Gasteiger partial charge < -0.3 is 14.8 Å². The molecule has 0 spiro atoms. The minimum Gasteiger partial charge on any atom is -0.486 e. The third kappa shape index (κ3) is 5.31. The fraction of sp³-hybridized carbons (Fsp3) is 0.600. The standard InChI is InChI=1S/C15H19F3N2O2.2ClH/c16-15(17,18)10-12(20-5-3-19-4-6-20)11-1-2-13-14(9-11)22-8-7-21-13;;/h1-2,9,12,19H,3-8,10H2;2*1H/t12-;;/m1../s1. The van der Waals surface area contributed by atoms with Crippen molar-refractivity contribution < 1.29 is 22.6 Å². The molecule has 0 aromatic heterocycles. The highest BCUT2D eigenvalue weighted by atomic mass is 35.5. The molecular formula is C15H21Cl2F3N2O2. The number of alkyl halides is 3. The summed E-state index contributed by atoms with van der Waals surface area (Å²) >= 11 is 0. The third-order valence-corrected chi connectivity index (χ3v) is 3.97. The van der Waals surface area contributed by atoms with Gasteiger partial charge in [-0.3, -0.25) is 4.90 Å². The molecule has 1 aromatic carbocycles. The second-order valence-corrected chi connectivity index (χ2v) is 5.52. The van der Waals surface area contributed by atoms with Gasteiger partial charge in [-0.25, -0.2) is 0 Å². The lowest BCUT2D eigenvalue weighted by Crippen LogP contribution is -2.46. The van der Waals surface area contributed by atoms with Crippen LogP contribution in [0.2, 0.25) is 0 Å². The van der Waals surface area contributed by atoms with Crippen LogP contribution in [0.3, 0.4) is 0 Å². The first kappa shape index (κ1) is 21.2. The first-order chi connectivity index (χ1) is 10.5. The minimum absolute atomic E-state index is 0. The lowest BCUT2D eigenvalue weighted by Gasteiger charge is -2.36. The van der Waals surface area contributed by atoms with Crippen molar-refractivity contribution in [2.75, 3.05) is 39.4 Å². The predicted molar refractivity (Wildman–Crippen MR) is 89.8 cm³/mol. The Labute approximate surface area is 151 Å². The molecule has 0 saturated carbocycles. The van der Waals surface area contributed by atoms with Crippen molar-refractivity contribution in [1.29, 1.82) is 0 Å². The SMILES string of the molecule is Cl.Cl.FC(F)(F)C[C@H](c1ccc2c(c1)OCCO2)N1CCNCC1. The number of rotatable bonds is 3. The van der Waals surface area contributed by atoms with Crippen molar-refractivity contribution in [3.8, 4) is 11.5 Å². The molecular weight excluding hydrogens is 368 g/mol. The molecule has 2 aliphatic heterocycles. The van der Waals surface area contributed by atoms with Gasteiger partial charge in [-0.1, -0.05) is 6.07 Å². The lowest BCUT2D eigenvalue weighted by atomic mass is 10.00. The number of nitrogens with zero attached hydrogens (tertiary/aromatic N) is 1. The van der Waals surface area contributed by atoms with Crippen LogP contribution in [-0.4, -0.2) is 50.5 Å². The summed E-state index contributed by atoms with van der Waals surface area (Å²) in [5, 5.41) is 3.17. The van der Waals surface area contributed by atoms with Crippen LogP contribution in [0, 0.1) is 0 Å².